The standard InChI is InChI=1S/C30H26F2N2O3/c1-18(2)33-16-20-7-13-25-24-6-4-3-5-19(24)15-26(25)28(20)30(35)37-23-11-9-22(10-12-23)36-27-14-8-21(17-34-27)29(31)32/h3-14,17-18,29,33H,15-16H2,1-2H3. The molecule has 188 valence electrons. The summed E-state index contributed by atoms with van der Waals surface area (Å²) in [7, 11) is 0. The number of ether oxygens (including phenoxy) is 2. The van der Waals surface area contributed by atoms with E-state index >= 15 is 0 Å². The fourth-order valence-corrected chi connectivity index (χ4v) is 4.41. The van der Waals surface area contributed by atoms with Gasteiger partial charge >= 0.3 is 5.97 Å². The molecule has 0 atom stereocenters. The third-order valence-corrected chi connectivity index (χ3v) is 6.25. The van der Waals surface area contributed by atoms with Crippen LogP contribution in [0, 0.1) is 0 Å². The van der Waals surface area contributed by atoms with Crippen molar-refractivity contribution >= 4 is 5.97 Å². The van der Waals surface area contributed by atoms with Gasteiger partial charge in [-0.1, -0.05) is 50.2 Å². The van der Waals surface area contributed by atoms with Gasteiger partial charge in [0.1, 0.15) is 11.5 Å². The molecule has 0 bridgehead atoms. The molecule has 0 fully saturated rings. The van der Waals surface area contributed by atoms with Crippen LogP contribution in [0.1, 0.15) is 52.9 Å². The average molecular weight is 501 g/mol. The maximum absolute atomic E-state index is 13.5. The number of hydrogen-bond acceptors (Lipinski definition) is 5. The van der Waals surface area contributed by atoms with Crippen molar-refractivity contribution in [1.29, 1.82) is 0 Å². The van der Waals surface area contributed by atoms with Crippen molar-refractivity contribution in [1.82, 2.24) is 10.3 Å². The van der Waals surface area contributed by atoms with Crippen molar-refractivity contribution in [2.24, 2.45) is 0 Å². The van der Waals surface area contributed by atoms with Crippen LogP contribution in [0.15, 0.2) is 79.0 Å². The Morgan fingerprint density at radius 2 is 1.70 bits per heavy atom. The molecule has 1 aliphatic rings. The molecule has 5 nitrogen and oxygen atoms in total. The Bertz CT molecular complexity index is 1420. The van der Waals surface area contributed by atoms with E-state index in [9.17, 15) is 13.6 Å². The maximum atomic E-state index is 13.5. The molecule has 37 heavy (non-hydrogen) atoms. The van der Waals surface area contributed by atoms with Crippen molar-refractivity contribution < 1.29 is 23.0 Å². The van der Waals surface area contributed by atoms with E-state index < -0.39 is 12.4 Å². The highest BCUT2D eigenvalue weighted by molar-refractivity contribution is 5.98. The first-order chi connectivity index (χ1) is 17.9. The highest BCUT2D eigenvalue weighted by Gasteiger charge is 2.27. The zero-order valence-corrected chi connectivity index (χ0v) is 20.5. The first-order valence-electron chi connectivity index (χ1n) is 12.1. The highest BCUT2D eigenvalue weighted by atomic mass is 19.3. The number of carbonyl (C=O) groups excluding carboxylic acids is 1. The van der Waals surface area contributed by atoms with E-state index in [2.05, 4.69) is 42.3 Å². The first-order valence-corrected chi connectivity index (χ1v) is 12.1. The Kier molecular flexibility index (Phi) is 6.97. The number of esters is 1. The molecule has 1 N–H and O–H groups in total. The number of benzene rings is 3. The van der Waals surface area contributed by atoms with Crippen molar-refractivity contribution in [3.05, 3.63) is 107 Å². The third-order valence-electron chi connectivity index (χ3n) is 6.25. The number of carbonyl (C=O) groups is 1. The molecular weight excluding hydrogens is 474 g/mol. The second-order valence-electron chi connectivity index (χ2n) is 9.19. The van der Waals surface area contributed by atoms with E-state index in [-0.39, 0.29) is 17.5 Å². The van der Waals surface area contributed by atoms with Crippen LogP contribution in [0.2, 0.25) is 0 Å². The molecule has 1 aromatic heterocycles. The van der Waals surface area contributed by atoms with Crippen LogP contribution in [0.25, 0.3) is 11.1 Å². The zero-order chi connectivity index (χ0) is 25.9. The normalized spacial score (nSPS) is 11.9. The van der Waals surface area contributed by atoms with Crippen LogP contribution in [0.5, 0.6) is 17.4 Å². The summed E-state index contributed by atoms with van der Waals surface area (Å²) in [4.78, 5) is 17.4. The van der Waals surface area contributed by atoms with Crippen LogP contribution < -0.4 is 14.8 Å². The first kappa shape index (κ1) is 24.6. The molecular formula is C30H26F2N2O3. The lowest BCUT2D eigenvalue weighted by atomic mass is 9.95. The lowest BCUT2D eigenvalue weighted by Gasteiger charge is -2.16. The van der Waals surface area contributed by atoms with E-state index in [0.29, 0.717) is 30.0 Å². The van der Waals surface area contributed by atoms with Crippen LogP contribution >= 0.6 is 0 Å². The SMILES string of the molecule is CC(C)NCc1ccc2c(c1C(=O)Oc1ccc(Oc3ccc(C(F)F)cn3)cc1)Cc1ccccc1-2. The van der Waals surface area contributed by atoms with Gasteiger partial charge in [-0.3, -0.25) is 0 Å². The molecule has 1 heterocycles. The molecule has 5 rings (SSSR count). The predicted octanol–water partition coefficient (Wildman–Crippen LogP) is 7.10. The minimum Gasteiger partial charge on any atom is -0.439 e. The van der Waals surface area contributed by atoms with Crippen LogP contribution in [-0.4, -0.2) is 17.0 Å². The molecule has 0 radical (unpaired) electrons. The lowest BCUT2D eigenvalue weighted by Crippen LogP contribution is -2.24. The monoisotopic (exact) mass is 500 g/mol. The minimum absolute atomic E-state index is 0.173. The Morgan fingerprint density at radius 3 is 2.41 bits per heavy atom. The Balaban J connectivity index is 1.36. The van der Waals surface area contributed by atoms with Crippen LogP contribution in [0.3, 0.4) is 0 Å². The summed E-state index contributed by atoms with van der Waals surface area (Å²) in [6, 6.07) is 21.7. The molecule has 0 aliphatic heterocycles. The Hall–Kier alpha value is -4.10. The number of aromatic nitrogens is 1. The molecule has 1 aliphatic carbocycles. The van der Waals surface area contributed by atoms with E-state index in [1.165, 1.54) is 17.7 Å². The quantitative estimate of drug-likeness (QED) is 0.182. The zero-order valence-electron chi connectivity index (χ0n) is 20.5. The van der Waals surface area contributed by atoms with Crippen molar-refractivity contribution in [3.63, 3.8) is 0 Å². The number of halogens is 2. The molecule has 0 unspecified atom stereocenters. The van der Waals surface area contributed by atoms with Gasteiger partial charge in [0.05, 0.1) is 5.56 Å². The summed E-state index contributed by atoms with van der Waals surface area (Å²) in [6.45, 7) is 4.68. The van der Waals surface area contributed by atoms with E-state index in [0.717, 1.165) is 28.5 Å². The number of fused-ring (bicyclic) bond motifs is 3. The summed E-state index contributed by atoms with van der Waals surface area (Å²) in [5.41, 5.74) is 5.68. The summed E-state index contributed by atoms with van der Waals surface area (Å²) in [6.07, 6.45) is -0.828. The highest BCUT2D eigenvalue weighted by Crippen LogP contribution is 2.40. The molecule has 4 aromatic rings. The molecule has 7 heteroatoms. The van der Waals surface area contributed by atoms with Gasteiger partial charge in [-0.05, 0) is 64.6 Å². The van der Waals surface area contributed by atoms with E-state index in [4.69, 9.17) is 9.47 Å². The number of hydrogen-bond donors (Lipinski definition) is 1. The van der Waals surface area contributed by atoms with E-state index in [1.54, 1.807) is 24.3 Å². The molecule has 0 amide bonds. The van der Waals surface area contributed by atoms with Crippen molar-refractivity contribution in [2.45, 2.75) is 39.3 Å². The Labute approximate surface area is 214 Å². The summed E-state index contributed by atoms with van der Waals surface area (Å²) >= 11 is 0. The topological polar surface area (TPSA) is 60.5 Å². The van der Waals surface area contributed by atoms with Gasteiger partial charge in [0, 0.05) is 30.4 Å². The number of nitrogens with one attached hydrogen (secondary N) is 1. The second-order valence-corrected chi connectivity index (χ2v) is 9.19. The van der Waals surface area contributed by atoms with Gasteiger partial charge in [-0.2, -0.15) is 0 Å². The Morgan fingerprint density at radius 1 is 0.946 bits per heavy atom. The number of nitrogens with zero attached hydrogens (tertiary/aromatic N) is 1. The lowest BCUT2D eigenvalue weighted by molar-refractivity contribution is 0.0732. The smallest absolute Gasteiger partial charge is 0.344 e. The largest absolute Gasteiger partial charge is 0.439 e. The minimum atomic E-state index is -2.59. The average Bonchev–Trinajstić information content (AvgIpc) is 3.27. The van der Waals surface area contributed by atoms with Crippen molar-refractivity contribution in [2.75, 3.05) is 0 Å². The fraction of sp³-hybridized carbons (Fsp3) is 0.200. The van der Waals surface area contributed by atoms with Crippen molar-refractivity contribution in [3.8, 4) is 28.5 Å². The molecule has 0 saturated heterocycles. The second kappa shape index (κ2) is 10.5. The van der Waals surface area contributed by atoms with Gasteiger partial charge in [0.2, 0.25) is 5.88 Å². The fourth-order valence-electron chi connectivity index (χ4n) is 4.41. The summed E-state index contributed by atoms with van der Waals surface area (Å²) in [5, 5.41) is 3.40. The van der Waals surface area contributed by atoms with Crippen LogP contribution in [-0.2, 0) is 13.0 Å². The van der Waals surface area contributed by atoms with Gasteiger partial charge < -0.3 is 14.8 Å². The number of rotatable bonds is 8. The van der Waals surface area contributed by atoms with Gasteiger partial charge in [0.15, 0.2) is 0 Å². The third kappa shape index (κ3) is 5.37. The van der Waals surface area contributed by atoms with Gasteiger partial charge in [-0.15, -0.1) is 0 Å². The predicted molar refractivity (Wildman–Crippen MR) is 137 cm³/mol. The molecule has 0 saturated carbocycles. The maximum Gasteiger partial charge on any atom is 0.344 e. The molecule has 0 spiro atoms. The van der Waals surface area contributed by atoms with Crippen LogP contribution in [0.4, 0.5) is 8.78 Å². The van der Waals surface area contributed by atoms with E-state index in [1.807, 2.05) is 18.2 Å². The van der Waals surface area contributed by atoms with Gasteiger partial charge in [0.25, 0.3) is 6.43 Å². The number of alkyl halides is 2. The molecule has 3 aromatic carbocycles. The number of pyridine rings is 1. The summed E-state index contributed by atoms with van der Waals surface area (Å²) in [5.74, 6) is 0.586. The van der Waals surface area contributed by atoms with Gasteiger partial charge in [-0.25, -0.2) is 18.6 Å². The summed E-state index contributed by atoms with van der Waals surface area (Å²) < 4.78 is 36.9.